The molecule has 2 heterocycles. The summed E-state index contributed by atoms with van der Waals surface area (Å²) in [4.78, 5) is 0. The van der Waals surface area contributed by atoms with E-state index < -0.39 is 0 Å². The lowest BCUT2D eigenvalue weighted by Gasteiger charge is -2.12. The highest BCUT2D eigenvalue weighted by atomic mass is 15.0. The molecule has 0 aliphatic heterocycles. The zero-order valence-electron chi connectivity index (χ0n) is 31.7. The molecule has 0 saturated carbocycles. The van der Waals surface area contributed by atoms with Gasteiger partial charge in [0.25, 0.3) is 0 Å². The fraction of sp³-hybridized carbons (Fsp3) is 0. The predicted octanol–water partition coefficient (Wildman–Crippen LogP) is 15.2. The lowest BCUT2D eigenvalue weighted by molar-refractivity contribution is 1.18. The fourth-order valence-corrected chi connectivity index (χ4v) is 9.20. The van der Waals surface area contributed by atoms with Crippen molar-refractivity contribution >= 4 is 65.2 Å². The van der Waals surface area contributed by atoms with E-state index in [-0.39, 0.29) is 0 Å². The number of rotatable bonds is 5. The van der Waals surface area contributed by atoms with Crippen LogP contribution in [0.25, 0.3) is 110 Å². The standard InChI is InChI=1S/C56H36N2/c1-3-11-41-33-43(19-17-37(41)9-1)45-25-31-51-49-13-5-7-15-53(49)57(55(51)35-45)47-27-21-39(22-28-47)40-23-29-48(30-24-40)58-54-16-8-6-14-50(54)52-32-26-46(36-56(52)58)44-20-18-38-10-2-4-12-42(38)34-44/h1-36H. The van der Waals surface area contributed by atoms with Gasteiger partial charge in [0.2, 0.25) is 0 Å². The number of para-hydroxylation sites is 2. The minimum absolute atomic E-state index is 1.15. The zero-order chi connectivity index (χ0) is 38.2. The molecule has 0 saturated heterocycles. The van der Waals surface area contributed by atoms with Gasteiger partial charge in [-0.1, -0.05) is 158 Å². The molecule has 12 rings (SSSR count). The SMILES string of the molecule is c1ccc2cc(-c3ccc4c5ccccc5n(-c5ccc(-c6ccc(-n7c8ccccc8c8ccc(-c9ccc%10ccccc%10c9)cc87)cc6)cc5)c4c3)ccc2c1. The highest BCUT2D eigenvalue weighted by molar-refractivity contribution is 6.11. The number of benzene rings is 10. The van der Waals surface area contributed by atoms with E-state index in [1.165, 1.54) is 98.5 Å². The zero-order valence-corrected chi connectivity index (χ0v) is 31.7. The van der Waals surface area contributed by atoms with Crippen LogP contribution in [0.3, 0.4) is 0 Å². The van der Waals surface area contributed by atoms with Gasteiger partial charge in [0, 0.05) is 32.9 Å². The molecule has 0 unspecified atom stereocenters. The molecule has 10 aromatic carbocycles. The topological polar surface area (TPSA) is 9.86 Å². The summed E-state index contributed by atoms with van der Waals surface area (Å²) in [5.41, 5.74) is 14.4. The molecule has 0 N–H and O–H groups in total. The lowest BCUT2D eigenvalue weighted by atomic mass is 10.00. The second kappa shape index (κ2) is 12.9. The van der Waals surface area contributed by atoms with E-state index in [0.717, 1.165) is 11.4 Å². The lowest BCUT2D eigenvalue weighted by Crippen LogP contribution is -1.95. The van der Waals surface area contributed by atoms with Gasteiger partial charge in [-0.05, 0) is 116 Å². The van der Waals surface area contributed by atoms with Gasteiger partial charge in [-0.3, -0.25) is 0 Å². The molecule has 2 nitrogen and oxygen atoms in total. The Kier molecular flexibility index (Phi) is 7.26. The summed E-state index contributed by atoms with van der Waals surface area (Å²) in [5, 5.41) is 10.1. The van der Waals surface area contributed by atoms with E-state index in [1.807, 2.05) is 0 Å². The summed E-state index contributed by atoms with van der Waals surface area (Å²) in [6, 6.07) is 80.1. The number of hydrogen-bond donors (Lipinski definition) is 0. The summed E-state index contributed by atoms with van der Waals surface area (Å²) >= 11 is 0. The van der Waals surface area contributed by atoms with E-state index in [4.69, 9.17) is 0 Å². The molecule has 0 bridgehead atoms. The molecule has 2 heteroatoms. The maximum atomic E-state index is 2.41. The third-order valence-electron chi connectivity index (χ3n) is 12.1. The van der Waals surface area contributed by atoms with Crippen molar-refractivity contribution in [2.45, 2.75) is 0 Å². The molecule has 0 amide bonds. The first kappa shape index (κ1) is 32.6. The number of nitrogens with zero attached hydrogens (tertiary/aromatic N) is 2. The van der Waals surface area contributed by atoms with Gasteiger partial charge < -0.3 is 9.13 Å². The fourth-order valence-electron chi connectivity index (χ4n) is 9.20. The average Bonchev–Trinajstić information content (AvgIpc) is 3.81. The Morgan fingerprint density at radius 1 is 0.207 bits per heavy atom. The summed E-state index contributed by atoms with van der Waals surface area (Å²) in [5.74, 6) is 0. The third-order valence-corrected chi connectivity index (χ3v) is 12.1. The predicted molar refractivity (Wildman–Crippen MR) is 246 cm³/mol. The van der Waals surface area contributed by atoms with Gasteiger partial charge in [0.15, 0.2) is 0 Å². The van der Waals surface area contributed by atoms with Crippen LogP contribution >= 0.6 is 0 Å². The molecule has 0 spiro atoms. The smallest absolute Gasteiger partial charge is 0.0547 e. The largest absolute Gasteiger partial charge is 0.309 e. The van der Waals surface area contributed by atoms with E-state index in [0.29, 0.717) is 0 Å². The van der Waals surface area contributed by atoms with Crippen LogP contribution in [-0.4, -0.2) is 9.13 Å². The van der Waals surface area contributed by atoms with E-state index in [9.17, 15) is 0 Å². The summed E-state index contributed by atoms with van der Waals surface area (Å²) in [6.07, 6.45) is 0. The van der Waals surface area contributed by atoms with Crippen LogP contribution in [0, 0.1) is 0 Å². The van der Waals surface area contributed by atoms with Gasteiger partial charge in [0.1, 0.15) is 0 Å². The molecule has 0 aliphatic carbocycles. The van der Waals surface area contributed by atoms with Crippen LogP contribution < -0.4 is 0 Å². The van der Waals surface area contributed by atoms with Gasteiger partial charge >= 0.3 is 0 Å². The minimum atomic E-state index is 1.15. The molecular weight excluding hydrogens is 701 g/mol. The highest BCUT2D eigenvalue weighted by Crippen LogP contribution is 2.38. The van der Waals surface area contributed by atoms with Crippen LogP contribution in [-0.2, 0) is 0 Å². The Hall–Kier alpha value is -7.68. The number of fused-ring (bicyclic) bond motifs is 8. The highest BCUT2D eigenvalue weighted by Gasteiger charge is 2.16. The van der Waals surface area contributed by atoms with Crippen molar-refractivity contribution in [3.05, 3.63) is 218 Å². The Balaban J connectivity index is 0.915. The van der Waals surface area contributed by atoms with E-state index in [2.05, 4.69) is 228 Å². The van der Waals surface area contributed by atoms with Crippen LogP contribution in [0.1, 0.15) is 0 Å². The van der Waals surface area contributed by atoms with Crippen molar-refractivity contribution in [3.8, 4) is 44.8 Å². The van der Waals surface area contributed by atoms with E-state index >= 15 is 0 Å². The van der Waals surface area contributed by atoms with Crippen LogP contribution in [0.5, 0.6) is 0 Å². The first-order valence-electron chi connectivity index (χ1n) is 20.0. The molecule has 12 aromatic rings. The van der Waals surface area contributed by atoms with Gasteiger partial charge in [-0.2, -0.15) is 0 Å². The molecule has 270 valence electrons. The summed E-state index contributed by atoms with van der Waals surface area (Å²) in [6.45, 7) is 0. The van der Waals surface area contributed by atoms with Gasteiger partial charge in [-0.25, -0.2) is 0 Å². The third kappa shape index (κ3) is 5.19. The second-order valence-electron chi connectivity index (χ2n) is 15.4. The Labute approximate surface area is 336 Å². The number of aromatic nitrogens is 2. The molecule has 0 radical (unpaired) electrons. The molecule has 2 aromatic heterocycles. The monoisotopic (exact) mass is 736 g/mol. The van der Waals surface area contributed by atoms with Crippen molar-refractivity contribution in [2.75, 3.05) is 0 Å². The minimum Gasteiger partial charge on any atom is -0.309 e. The summed E-state index contributed by atoms with van der Waals surface area (Å²) in [7, 11) is 0. The van der Waals surface area contributed by atoms with Gasteiger partial charge in [-0.15, -0.1) is 0 Å². The first-order valence-corrected chi connectivity index (χ1v) is 20.0. The van der Waals surface area contributed by atoms with Crippen LogP contribution in [0.15, 0.2) is 218 Å². The average molecular weight is 737 g/mol. The molecule has 0 fully saturated rings. The normalized spacial score (nSPS) is 11.8. The van der Waals surface area contributed by atoms with Gasteiger partial charge in [0.05, 0.1) is 22.1 Å². The van der Waals surface area contributed by atoms with Crippen molar-refractivity contribution in [3.63, 3.8) is 0 Å². The van der Waals surface area contributed by atoms with Crippen molar-refractivity contribution in [1.29, 1.82) is 0 Å². The molecule has 0 aliphatic rings. The van der Waals surface area contributed by atoms with Crippen molar-refractivity contribution in [2.24, 2.45) is 0 Å². The quantitative estimate of drug-likeness (QED) is 0.167. The van der Waals surface area contributed by atoms with Crippen molar-refractivity contribution < 1.29 is 0 Å². The van der Waals surface area contributed by atoms with Crippen LogP contribution in [0.2, 0.25) is 0 Å². The van der Waals surface area contributed by atoms with Crippen LogP contribution in [0.4, 0.5) is 0 Å². The van der Waals surface area contributed by atoms with E-state index in [1.54, 1.807) is 0 Å². The second-order valence-corrected chi connectivity index (χ2v) is 15.4. The molecule has 0 atom stereocenters. The molecule has 58 heavy (non-hydrogen) atoms. The maximum absolute atomic E-state index is 2.41. The Morgan fingerprint density at radius 2 is 0.534 bits per heavy atom. The molecular formula is C56H36N2. The Bertz CT molecular complexity index is 3310. The number of hydrogen-bond acceptors (Lipinski definition) is 0. The maximum Gasteiger partial charge on any atom is 0.0547 e. The Morgan fingerprint density at radius 3 is 0.983 bits per heavy atom. The first-order chi connectivity index (χ1) is 28.7. The van der Waals surface area contributed by atoms with Crippen molar-refractivity contribution in [1.82, 2.24) is 9.13 Å². The summed E-state index contributed by atoms with van der Waals surface area (Å²) < 4.78 is 4.83.